The van der Waals surface area contributed by atoms with Gasteiger partial charge in [0.15, 0.2) is 11.5 Å². The molecule has 3 nitrogen and oxygen atoms in total. The van der Waals surface area contributed by atoms with Gasteiger partial charge in [0.25, 0.3) is 0 Å². The van der Waals surface area contributed by atoms with Crippen molar-refractivity contribution >= 4 is 23.4 Å². The first-order chi connectivity index (χ1) is 9.83. The van der Waals surface area contributed by atoms with Crippen LogP contribution in [0.4, 0.5) is 0 Å². The Balaban J connectivity index is 1.56. The van der Waals surface area contributed by atoms with Crippen molar-refractivity contribution in [1.29, 1.82) is 0 Å². The molecule has 2 heterocycles. The summed E-state index contributed by atoms with van der Waals surface area (Å²) in [6.45, 7) is 3.06. The van der Waals surface area contributed by atoms with E-state index in [2.05, 4.69) is 17.1 Å². The topological polar surface area (TPSA) is 30.5 Å². The van der Waals surface area contributed by atoms with E-state index in [0.717, 1.165) is 29.7 Å². The SMILES string of the molecule is Clc1cc(CNCC2CCCCS2)cc2c1OCCO2. The van der Waals surface area contributed by atoms with Gasteiger partial charge in [-0.25, -0.2) is 0 Å². The van der Waals surface area contributed by atoms with E-state index in [0.29, 0.717) is 24.0 Å². The van der Waals surface area contributed by atoms with Gasteiger partial charge in [0, 0.05) is 18.3 Å². The Hall–Kier alpha value is -0.580. The Bertz CT molecular complexity index is 463. The lowest BCUT2D eigenvalue weighted by atomic mass is 10.1. The molecule has 0 bridgehead atoms. The molecular formula is C15H20ClNO2S. The van der Waals surface area contributed by atoms with E-state index in [1.807, 2.05) is 12.1 Å². The molecule has 1 fully saturated rings. The molecule has 1 saturated heterocycles. The molecule has 3 rings (SSSR count). The average molecular weight is 314 g/mol. The maximum atomic E-state index is 6.24. The number of rotatable bonds is 4. The van der Waals surface area contributed by atoms with E-state index >= 15 is 0 Å². The Morgan fingerprint density at radius 3 is 3.00 bits per heavy atom. The lowest BCUT2D eigenvalue weighted by Gasteiger charge is -2.22. The van der Waals surface area contributed by atoms with Crippen LogP contribution in [0.1, 0.15) is 24.8 Å². The lowest BCUT2D eigenvalue weighted by Crippen LogP contribution is -2.26. The molecule has 1 unspecified atom stereocenters. The van der Waals surface area contributed by atoms with Crippen molar-refractivity contribution in [1.82, 2.24) is 5.32 Å². The number of fused-ring (bicyclic) bond motifs is 1. The zero-order chi connectivity index (χ0) is 13.8. The predicted molar refractivity (Wildman–Crippen MR) is 84.2 cm³/mol. The van der Waals surface area contributed by atoms with Crippen LogP contribution in [0.3, 0.4) is 0 Å². The zero-order valence-corrected chi connectivity index (χ0v) is 13.1. The molecule has 5 heteroatoms. The first-order valence-corrected chi connectivity index (χ1v) is 8.66. The number of benzene rings is 1. The molecule has 0 aromatic heterocycles. The summed E-state index contributed by atoms with van der Waals surface area (Å²) in [5.74, 6) is 2.76. The second kappa shape index (κ2) is 6.92. The van der Waals surface area contributed by atoms with Crippen LogP contribution < -0.4 is 14.8 Å². The van der Waals surface area contributed by atoms with E-state index in [4.69, 9.17) is 21.1 Å². The number of nitrogens with one attached hydrogen (secondary N) is 1. The standard InChI is InChI=1S/C15H20ClNO2S/c16-13-7-11(8-14-15(13)19-5-4-18-14)9-17-10-12-3-1-2-6-20-12/h7-8,12,17H,1-6,9-10H2. The summed E-state index contributed by atoms with van der Waals surface area (Å²) >= 11 is 8.33. The number of hydrogen-bond acceptors (Lipinski definition) is 4. The Kier molecular flexibility index (Phi) is 4.97. The zero-order valence-electron chi connectivity index (χ0n) is 11.5. The molecule has 0 aliphatic carbocycles. The van der Waals surface area contributed by atoms with Crippen molar-refractivity contribution in [3.05, 3.63) is 22.7 Å². The lowest BCUT2D eigenvalue weighted by molar-refractivity contribution is 0.171. The molecule has 0 amide bonds. The first-order valence-electron chi connectivity index (χ1n) is 7.23. The van der Waals surface area contributed by atoms with Crippen LogP contribution >= 0.6 is 23.4 Å². The molecule has 0 radical (unpaired) electrons. The normalized spacial score (nSPS) is 21.8. The highest BCUT2D eigenvalue weighted by Crippen LogP contribution is 2.38. The number of hydrogen-bond donors (Lipinski definition) is 1. The van der Waals surface area contributed by atoms with Crippen LogP contribution in [0.25, 0.3) is 0 Å². The Morgan fingerprint density at radius 1 is 1.25 bits per heavy atom. The van der Waals surface area contributed by atoms with Gasteiger partial charge >= 0.3 is 0 Å². The van der Waals surface area contributed by atoms with Crippen LogP contribution in [0, 0.1) is 0 Å². The summed E-state index contributed by atoms with van der Waals surface area (Å²) in [6.07, 6.45) is 4.08. The first kappa shape index (κ1) is 14.4. The molecule has 1 atom stereocenters. The fourth-order valence-electron chi connectivity index (χ4n) is 2.61. The van der Waals surface area contributed by atoms with Crippen molar-refractivity contribution in [3.8, 4) is 11.5 Å². The van der Waals surface area contributed by atoms with Gasteiger partial charge in [0.2, 0.25) is 0 Å². The van der Waals surface area contributed by atoms with Crippen molar-refractivity contribution in [3.63, 3.8) is 0 Å². The predicted octanol–water partition coefficient (Wildman–Crippen LogP) is 3.49. The van der Waals surface area contributed by atoms with Crippen LogP contribution in [-0.2, 0) is 6.54 Å². The highest BCUT2D eigenvalue weighted by Gasteiger charge is 2.17. The van der Waals surface area contributed by atoms with Gasteiger partial charge in [-0.2, -0.15) is 11.8 Å². The monoisotopic (exact) mass is 313 g/mol. The van der Waals surface area contributed by atoms with Crippen molar-refractivity contribution in [2.75, 3.05) is 25.5 Å². The Labute approximate surface area is 129 Å². The number of ether oxygens (including phenoxy) is 2. The summed E-state index contributed by atoms with van der Waals surface area (Å²) in [4.78, 5) is 0. The molecule has 20 heavy (non-hydrogen) atoms. The minimum atomic E-state index is 0.573. The van der Waals surface area contributed by atoms with Crippen molar-refractivity contribution in [2.45, 2.75) is 31.1 Å². The average Bonchev–Trinajstić information content (AvgIpc) is 2.48. The fraction of sp³-hybridized carbons (Fsp3) is 0.600. The van der Waals surface area contributed by atoms with Crippen molar-refractivity contribution < 1.29 is 9.47 Å². The fourth-order valence-corrected chi connectivity index (χ4v) is 4.17. The highest BCUT2D eigenvalue weighted by molar-refractivity contribution is 7.99. The number of thioether (sulfide) groups is 1. The molecule has 0 saturated carbocycles. The van der Waals surface area contributed by atoms with Gasteiger partial charge in [-0.3, -0.25) is 0 Å². The third-order valence-electron chi connectivity index (χ3n) is 3.63. The summed E-state index contributed by atoms with van der Waals surface area (Å²) in [7, 11) is 0. The largest absolute Gasteiger partial charge is 0.486 e. The third-order valence-corrected chi connectivity index (χ3v) is 5.31. The summed E-state index contributed by atoms with van der Waals surface area (Å²) in [5.41, 5.74) is 1.15. The third kappa shape index (κ3) is 3.54. The molecule has 110 valence electrons. The van der Waals surface area contributed by atoms with Crippen LogP contribution in [0.2, 0.25) is 5.02 Å². The van der Waals surface area contributed by atoms with Gasteiger partial charge in [0.1, 0.15) is 13.2 Å². The minimum absolute atomic E-state index is 0.573. The summed E-state index contributed by atoms with van der Waals surface area (Å²) in [6, 6.07) is 4.00. The van der Waals surface area contributed by atoms with E-state index in [9.17, 15) is 0 Å². The van der Waals surface area contributed by atoms with E-state index in [1.54, 1.807) is 0 Å². The van der Waals surface area contributed by atoms with Gasteiger partial charge in [0.05, 0.1) is 5.02 Å². The van der Waals surface area contributed by atoms with E-state index in [1.165, 1.54) is 25.0 Å². The van der Waals surface area contributed by atoms with Gasteiger partial charge in [-0.15, -0.1) is 0 Å². The highest BCUT2D eigenvalue weighted by atomic mass is 35.5. The molecular weight excluding hydrogens is 294 g/mol. The maximum absolute atomic E-state index is 6.24. The number of halogens is 1. The quantitative estimate of drug-likeness (QED) is 0.922. The molecule has 2 aliphatic rings. The molecule has 2 aliphatic heterocycles. The second-order valence-corrected chi connectivity index (χ2v) is 7.04. The van der Waals surface area contributed by atoms with Crippen LogP contribution in [0.5, 0.6) is 11.5 Å². The van der Waals surface area contributed by atoms with Crippen LogP contribution in [-0.4, -0.2) is 30.8 Å². The summed E-state index contributed by atoms with van der Waals surface area (Å²) in [5, 5.41) is 4.93. The molecule has 1 N–H and O–H groups in total. The second-order valence-electron chi connectivity index (χ2n) is 5.22. The molecule has 1 aromatic carbocycles. The Morgan fingerprint density at radius 2 is 2.15 bits per heavy atom. The van der Waals surface area contributed by atoms with Crippen LogP contribution in [0.15, 0.2) is 12.1 Å². The van der Waals surface area contributed by atoms with Gasteiger partial charge < -0.3 is 14.8 Å². The van der Waals surface area contributed by atoms with Gasteiger partial charge in [-0.05, 0) is 36.3 Å². The minimum Gasteiger partial charge on any atom is -0.486 e. The smallest absolute Gasteiger partial charge is 0.179 e. The maximum Gasteiger partial charge on any atom is 0.179 e. The van der Waals surface area contributed by atoms with Gasteiger partial charge in [-0.1, -0.05) is 18.0 Å². The molecule has 1 aromatic rings. The summed E-state index contributed by atoms with van der Waals surface area (Å²) < 4.78 is 11.1. The van der Waals surface area contributed by atoms with E-state index in [-0.39, 0.29) is 0 Å². The molecule has 0 spiro atoms. The van der Waals surface area contributed by atoms with Crippen molar-refractivity contribution in [2.24, 2.45) is 0 Å². The van der Waals surface area contributed by atoms with E-state index < -0.39 is 0 Å².